The van der Waals surface area contributed by atoms with Crippen LogP contribution in [0.1, 0.15) is 0 Å². The van der Waals surface area contributed by atoms with Crippen molar-refractivity contribution < 1.29 is 0 Å². The summed E-state index contributed by atoms with van der Waals surface area (Å²) in [5.41, 5.74) is 9.30. The number of hydrogen-bond acceptors (Lipinski definition) is 2. The zero-order valence-electron chi connectivity index (χ0n) is 24.8. The van der Waals surface area contributed by atoms with E-state index >= 15 is 0 Å². The summed E-state index contributed by atoms with van der Waals surface area (Å²) in [6.07, 6.45) is 0. The van der Waals surface area contributed by atoms with Gasteiger partial charge in [0, 0.05) is 58.2 Å². The first-order chi connectivity index (χ1) is 22.7. The van der Waals surface area contributed by atoms with Crippen LogP contribution < -0.4 is 4.90 Å². The van der Waals surface area contributed by atoms with Crippen molar-refractivity contribution >= 4 is 86.3 Å². The fourth-order valence-corrected chi connectivity index (χ4v) is 8.10. The second kappa shape index (κ2) is 11.0. The molecule has 0 saturated heterocycles. The summed E-state index contributed by atoms with van der Waals surface area (Å²) in [6.45, 7) is 0. The van der Waals surface area contributed by atoms with E-state index in [2.05, 4.69) is 189 Å². The van der Waals surface area contributed by atoms with Gasteiger partial charge < -0.3 is 9.47 Å². The summed E-state index contributed by atoms with van der Waals surface area (Å²) in [5.74, 6) is 0. The molecule has 0 spiro atoms. The molecule has 0 fully saturated rings. The molecule has 0 aliphatic heterocycles. The highest BCUT2D eigenvalue weighted by molar-refractivity contribution is 9.10. The Hall–Kier alpha value is -5.16. The first-order valence-electron chi connectivity index (χ1n) is 15.4. The van der Waals surface area contributed by atoms with E-state index in [-0.39, 0.29) is 0 Å². The Morgan fingerprint density at radius 3 is 1.96 bits per heavy atom. The zero-order valence-corrected chi connectivity index (χ0v) is 27.2. The molecule has 0 aliphatic carbocycles. The molecule has 0 unspecified atom stereocenters. The third-order valence-electron chi connectivity index (χ3n) is 8.82. The number of halogens is 1. The monoisotopic (exact) mass is 670 g/mol. The Morgan fingerprint density at radius 1 is 0.435 bits per heavy atom. The maximum atomic E-state index is 3.58. The molecule has 0 N–H and O–H groups in total. The summed E-state index contributed by atoms with van der Waals surface area (Å²) >= 11 is 5.46. The van der Waals surface area contributed by atoms with E-state index in [1.54, 1.807) is 0 Å². The number of para-hydroxylation sites is 2. The Kier molecular flexibility index (Phi) is 6.51. The first kappa shape index (κ1) is 27.2. The lowest BCUT2D eigenvalue weighted by Crippen LogP contribution is -2.09. The summed E-state index contributed by atoms with van der Waals surface area (Å²) in [4.78, 5) is 2.37. The van der Waals surface area contributed by atoms with Gasteiger partial charge in [0.2, 0.25) is 0 Å². The lowest BCUT2D eigenvalue weighted by molar-refractivity contribution is 1.18. The van der Waals surface area contributed by atoms with Crippen molar-refractivity contribution in [1.29, 1.82) is 0 Å². The molecule has 0 bridgehead atoms. The highest BCUT2D eigenvalue weighted by Gasteiger charge is 2.19. The number of rotatable bonds is 5. The molecule has 0 aliphatic rings. The molecular formula is C42H27BrN2S. The smallest absolute Gasteiger partial charge is 0.0548 e. The van der Waals surface area contributed by atoms with Gasteiger partial charge in [0.15, 0.2) is 0 Å². The number of benzene rings is 7. The van der Waals surface area contributed by atoms with Gasteiger partial charge in [0.05, 0.1) is 11.0 Å². The minimum atomic E-state index is 1.08. The van der Waals surface area contributed by atoms with Crippen LogP contribution in [0, 0.1) is 0 Å². The number of aromatic nitrogens is 1. The SMILES string of the molecule is Brc1ccc(-c2cccc(N(c3ccccc3)c3ccc4c(c3)c3cc5sc6ccccc6c5cc3n4-c3ccccc3)c2)cc1. The van der Waals surface area contributed by atoms with E-state index < -0.39 is 0 Å². The lowest BCUT2D eigenvalue weighted by atomic mass is 10.0. The third-order valence-corrected chi connectivity index (χ3v) is 10.5. The van der Waals surface area contributed by atoms with Crippen LogP contribution >= 0.6 is 27.3 Å². The van der Waals surface area contributed by atoms with Crippen LogP contribution in [0.25, 0.3) is 58.8 Å². The van der Waals surface area contributed by atoms with Crippen LogP contribution in [0.15, 0.2) is 168 Å². The summed E-state index contributed by atoms with van der Waals surface area (Å²) in [6, 6.07) is 59.2. The predicted molar refractivity (Wildman–Crippen MR) is 201 cm³/mol. The Morgan fingerprint density at radius 2 is 1.13 bits per heavy atom. The van der Waals surface area contributed by atoms with E-state index in [9.17, 15) is 0 Å². The van der Waals surface area contributed by atoms with Crippen LogP contribution in [-0.2, 0) is 0 Å². The molecule has 46 heavy (non-hydrogen) atoms. The van der Waals surface area contributed by atoms with Gasteiger partial charge in [-0.3, -0.25) is 0 Å². The van der Waals surface area contributed by atoms with Crippen molar-refractivity contribution in [3.63, 3.8) is 0 Å². The number of thiophene rings is 1. The van der Waals surface area contributed by atoms with Gasteiger partial charge in [-0.15, -0.1) is 11.3 Å². The quantitative estimate of drug-likeness (QED) is 0.177. The summed E-state index contributed by atoms with van der Waals surface area (Å²) < 4.78 is 6.13. The van der Waals surface area contributed by atoms with E-state index in [1.807, 2.05) is 11.3 Å². The molecule has 2 heterocycles. The minimum absolute atomic E-state index is 1.08. The number of fused-ring (bicyclic) bond motifs is 6. The van der Waals surface area contributed by atoms with Crippen molar-refractivity contribution in [2.24, 2.45) is 0 Å². The standard InChI is InChI=1S/C42H27BrN2S/c43-30-20-18-28(19-21-30)29-10-9-15-33(24-29)44(31-11-3-1-4-12-31)34-22-23-39-36(25-34)37-27-42-38(35-16-7-8-17-41(35)46-42)26-40(37)45(39)32-13-5-2-6-14-32/h1-27H. The highest BCUT2D eigenvalue weighted by atomic mass is 79.9. The average Bonchev–Trinajstić information content (AvgIpc) is 3.63. The maximum Gasteiger partial charge on any atom is 0.0548 e. The highest BCUT2D eigenvalue weighted by Crippen LogP contribution is 2.43. The molecule has 218 valence electrons. The van der Waals surface area contributed by atoms with Crippen molar-refractivity contribution in [2.75, 3.05) is 4.90 Å². The summed E-state index contributed by atoms with van der Waals surface area (Å²) in [7, 11) is 0. The average molecular weight is 672 g/mol. The molecule has 7 aromatic carbocycles. The molecule has 4 heteroatoms. The maximum absolute atomic E-state index is 3.58. The van der Waals surface area contributed by atoms with Crippen molar-refractivity contribution in [3.8, 4) is 16.8 Å². The molecular weight excluding hydrogens is 644 g/mol. The van der Waals surface area contributed by atoms with Crippen LogP contribution in [0.2, 0.25) is 0 Å². The van der Waals surface area contributed by atoms with Gasteiger partial charge in [-0.2, -0.15) is 0 Å². The van der Waals surface area contributed by atoms with Crippen LogP contribution in [-0.4, -0.2) is 4.57 Å². The molecule has 0 radical (unpaired) electrons. The van der Waals surface area contributed by atoms with Crippen molar-refractivity contribution in [3.05, 3.63) is 168 Å². The van der Waals surface area contributed by atoms with Gasteiger partial charge >= 0.3 is 0 Å². The molecule has 2 aromatic heterocycles. The zero-order chi connectivity index (χ0) is 30.6. The van der Waals surface area contributed by atoms with Gasteiger partial charge in [-0.25, -0.2) is 0 Å². The van der Waals surface area contributed by atoms with E-state index in [0.29, 0.717) is 0 Å². The number of hydrogen-bond donors (Lipinski definition) is 0. The van der Waals surface area contributed by atoms with Gasteiger partial charge in [-0.1, -0.05) is 94.8 Å². The topological polar surface area (TPSA) is 8.17 Å². The molecule has 0 atom stereocenters. The van der Waals surface area contributed by atoms with Gasteiger partial charge in [-0.05, 0) is 96.1 Å². The van der Waals surface area contributed by atoms with Gasteiger partial charge in [0.25, 0.3) is 0 Å². The molecule has 9 aromatic rings. The van der Waals surface area contributed by atoms with E-state index in [4.69, 9.17) is 0 Å². The van der Waals surface area contributed by atoms with E-state index in [1.165, 1.54) is 53.1 Å². The predicted octanol–water partition coefficient (Wildman–Crippen LogP) is 13.1. The molecule has 9 rings (SSSR count). The fraction of sp³-hybridized carbons (Fsp3) is 0. The Labute approximate surface area is 279 Å². The number of nitrogens with zero attached hydrogens (tertiary/aromatic N) is 2. The second-order valence-corrected chi connectivity index (χ2v) is 13.6. The minimum Gasteiger partial charge on any atom is -0.310 e. The van der Waals surface area contributed by atoms with Crippen LogP contribution in [0.5, 0.6) is 0 Å². The normalized spacial score (nSPS) is 11.6. The van der Waals surface area contributed by atoms with Crippen molar-refractivity contribution in [2.45, 2.75) is 0 Å². The molecule has 0 amide bonds. The molecule has 0 saturated carbocycles. The molecule has 2 nitrogen and oxygen atoms in total. The lowest BCUT2D eigenvalue weighted by Gasteiger charge is -2.26. The van der Waals surface area contributed by atoms with Crippen LogP contribution in [0.3, 0.4) is 0 Å². The van der Waals surface area contributed by atoms with Gasteiger partial charge in [0.1, 0.15) is 0 Å². The third kappa shape index (κ3) is 4.53. The van der Waals surface area contributed by atoms with E-state index in [0.717, 1.165) is 27.2 Å². The Bertz CT molecular complexity index is 2530. The Balaban J connectivity index is 1.30. The second-order valence-electron chi connectivity index (χ2n) is 11.6. The van der Waals surface area contributed by atoms with Crippen molar-refractivity contribution in [1.82, 2.24) is 4.57 Å². The summed E-state index contributed by atoms with van der Waals surface area (Å²) in [5, 5.41) is 5.12. The largest absolute Gasteiger partial charge is 0.310 e. The fourth-order valence-electron chi connectivity index (χ4n) is 6.71. The first-order valence-corrected chi connectivity index (χ1v) is 17.0. The number of anilines is 3. The van der Waals surface area contributed by atoms with Crippen LogP contribution in [0.4, 0.5) is 17.1 Å².